The molecule has 9 aromatic rings. The second-order valence-electron chi connectivity index (χ2n) is 12.3. The van der Waals surface area contributed by atoms with Crippen LogP contribution in [0.1, 0.15) is 0 Å². The first kappa shape index (κ1) is 30.1. The monoisotopic (exact) mass is 653 g/mol. The van der Waals surface area contributed by atoms with Gasteiger partial charge in [0.2, 0.25) is 0 Å². The summed E-state index contributed by atoms with van der Waals surface area (Å²) >= 11 is 0. The van der Waals surface area contributed by atoms with Crippen molar-refractivity contribution < 1.29 is 0 Å². The Morgan fingerprint density at radius 3 is 1.27 bits per heavy atom. The first-order valence-electron chi connectivity index (χ1n) is 17.0. The topological polar surface area (TPSA) is 56.5 Å². The van der Waals surface area contributed by atoms with Crippen molar-refractivity contribution in [1.29, 1.82) is 0 Å². The van der Waals surface area contributed by atoms with Gasteiger partial charge in [-0.3, -0.25) is 4.57 Å². The van der Waals surface area contributed by atoms with E-state index in [1.807, 2.05) is 42.5 Å². The molecular weight excluding hydrogens is 623 g/mol. The lowest BCUT2D eigenvalue weighted by molar-refractivity contribution is 1.05. The lowest BCUT2D eigenvalue weighted by Crippen LogP contribution is -2.04. The summed E-state index contributed by atoms with van der Waals surface area (Å²) in [6.45, 7) is 0. The molecule has 0 radical (unpaired) electrons. The third kappa shape index (κ3) is 5.87. The second kappa shape index (κ2) is 13.1. The van der Waals surface area contributed by atoms with Gasteiger partial charge in [0, 0.05) is 22.3 Å². The summed E-state index contributed by atoms with van der Waals surface area (Å²) in [5, 5.41) is 0. The Balaban J connectivity index is 1.22. The molecule has 0 aliphatic carbocycles. The van der Waals surface area contributed by atoms with Crippen molar-refractivity contribution in [1.82, 2.24) is 24.5 Å². The van der Waals surface area contributed by atoms with Crippen LogP contribution in [0.3, 0.4) is 0 Å². The Labute approximate surface area is 296 Å². The Morgan fingerprint density at radius 1 is 0.294 bits per heavy atom. The molecule has 240 valence electrons. The van der Waals surface area contributed by atoms with Crippen LogP contribution in [0.4, 0.5) is 0 Å². The van der Waals surface area contributed by atoms with Crippen molar-refractivity contribution in [2.24, 2.45) is 0 Å². The van der Waals surface area contributed by atoms with Gasteiger partial charge in [-0.2, -0.15) is 0 Å². The average Bonchev–Trinajstić information content (AvgIpc) is 3.61. The van der Waals surface area contributed by atoms with Crippen LogP contribution >= 0.6 is 0 Å². The molecule has 0 N–H and O–H groups in total. The summed E-state index contributed by atoms with van der Waals surface area (Å²) in [6.07, 6.45) is 0. The molecule has 0 bridgehead atoms. The van der Waals surface area contributed by atoms with Gasteiger partial charge in [0.05, 0.1) is 16.7 Å². The highest BCUT2D eigenvalue weighted by atomic mass is 15.1. The van der Waals surface area contributed by atoms with Gasteiger partial charge in [0.15, 0.2) is 17.5 Å². The van der Waals surface area contributed by atoms with E-state index in [4.69, 9.17) is 19.9 Å². The Bertz CT molecular complexity index is 2490. The van der Waals surface area contributed by atoms with Crippen molar-refractivity contribution in [2.45, 2.75) is 0 Å². The third-order valence-electron chi connectivity index (χ3n) is 9.11. The summed E-state index contributed by atoms with van der Waals surface area (Å²) in [5.41, 5.74) is 11.2. The molecule has 0 spiro atoms. The summed E-state index contributed by atoms with van der Waals surface area (Å²) in [5.74, 6) is 2.65. The summed E-state index contributed by atoms with van der Waals surface area (Å²) < 4.78 is 2.21. The van der Waals surface area contributed by atoms with Gasteiger partial charge < -0.3 is 0 Å². The summed E-state index contributed by atoms with van der Waals surface area (Å²) in [6, 6.07) is 64.4. The first-order valence-corrected chi connectivity index (χ1v) is 17.0. The molecule has 5 nitrogen and oxygen atoms in total. The van der Waals surface area contributed by atoms with E-state index < -0.39 is 0 Å². The fraction of sp³-hybridized carbons (Fsp3) is 0. The molecule has 0 aliphatic heterocycles. The molecule has 5 heteroatoms. The van der Waals surface area contributed by atoms with E-state index in [1.165, 1.54) is 0 Å². The molecule has 0 saturated heterocycles. The van der Waals surface area contributed by atoms with Crippen LogP contribution in [0, 0.1) is 0 Å². The molecule has 0 unspecified atom stereocenters. The van der Waals surface area contributed by atoms with E-state index in [9.17, 15) is 0 Å². The molecule has 51 heavy (non-hydrogen) atoms. The van der Waals surface area contributed by atoms with Crippen LogP contribution in [-0.2, 0) is 0 Å². The van der Waals surface area contributed by atoms with Crippen molar-refractivity contribution >= 4 is 11.0 Å². The molecule has 0 amide bonds. The minimum absolute atomic E-state index is 0.585. The zero-order valence-electron chi connectivity index (χ0n) is 27.6. The van der Waals surface area contributed by atoms with Crippen LogP contribution in [0.15, 0.2) is 188 Å². The second-order valence-corrected chi connectivity index (χ2v) is 12.3. The number of para-hydroxylation sites is 3. The van der Waals surface area contributed by atoms with E-state index in [2.05, 4.69) is 150 Å². The number of aromatic nitrogens is 5. The molecule has 9 rings (SSSR count). The average molecular weight is 654 g/mol. The molecule has 2 aromatic heterocycles. The predicted molar refractivity (Wildman–Crippen MR) is 207 cm³/mol. The van der Waals surface area contributed by atoms with Crippen LogP contribution in [0.5, 0.6) is 0 Å². The van der Waals surface area contributed by atoms with Crippen molar-refractivity contribution in [3.8, 4) is 73.5 Å². The molecular formula is C46H31N5. The fourth-order valence-corrected chi connectivity index (χ4v) is 6.55. The maximum Gasteiger partial charge on any atom is 0.166 e. The van der Waals surface area contributed by atoms with E-state index >= 15 is 0 Å². The number of fused-ring (bicyclic) bond motifs is 1. The highest BCUT2D eigenvalue weighted by Gasteiger charge is 2.20. The maximum atomic E-state index is 5.16. The van der Waals surface area contributed by atoms with Crippen LogP contribution in [0.25, 0.3) is 84.5 Å². The van der Waals surface area contributed by atoms with Crippen LogP contribution in [0.2, 0.25) is 0 Å². The molecule has 0 atom stereocenters. The van der Waals surface area contributed by atoms with E-state index in [0.29, 0.717) is 17.5 Å². The Hall–Kier alpha value is -6.98. The number of rotatable bonds is 7. The maximum absolute atomic E-state index is 5.16. The number of hydrogen-bond acceptors (Lipinski definition) is 4. The van der Waals surface area contributed by atoms with E-state index in [1.54, 1.807) is 0 Å². The summed E-state index contributed by atoms with van der Waals surface area (Å²) in [7, 11) is 0. The normalized spacial score (nSPS) is 11.1. The first-order chi connectivity index (χ1) is 25.3. The van der Waals surface area contributed by atoms with E-state index in [-0.39, 0.29) is 0 Å². The number of nitrogens with zero attached hydrogens (tertiary/aromatic N) is 5. The van der Waals surface area contributed by atoms with Gasteiger partial charge >= 0.3 is 0 Å². The van der Waals surface area contributed by atoms with Gasteiger partial charge in [-0.1, -0.05) is 164 Å². The number of imidazole rings is 1. The fourth-order valence-electron chi connectivity index (χ4n) is 6.55. The van der Waals surface area contributed by atoms with Gasteiger partial charge in [-0.15, -0.1) is 0 Å². The number of benzene rings is 7. The predicted octanol–water partition coefficient (Wildman–Crippen LogP) is 11.2. The van der Waals surface area contributed by atoms with Crippen molar-refractivity contribution in [3.05, 3.63) is 188 Å². The van der Waals surface area contributed by atoms with Crippen LogP contribution < -0.4 is 0 Å². The van der Waals surface area contributed by atoms with Gasteiger partial charge in [-0.05, 0) is 46.5 Å². The minimum atomic E-state index is 0.585. The van der Waals surface area contributed by atoms with Gasteiger partial charge in [-0.25, -0.2) is 19.9 Å². The van der Waals surface area contributed by atoms with Gasteiger partial charge in [0.25, 0.3) is 0 Å². The Morgan fingerprint density at radius 2 is 0.706 bits per heavy atom. The molecule has 0 fully saturated rings. The molecule has 2 heterocycles. The summed E-state index contributed by atoms with van der Waals surface area (Å²) in [4.78, 5) is 20.5. The highest BCUT2D eigenvalue weighted by Crippen LogP contribution is 2.35. The Kier molecular flexibility index (Phi) is 7.76. The van der Waals surface area contributed by atoms with Gasteiger partial charge in [0.1, 0.15) is 5.82 Å². The van der Waals surface area contributed by atoms with Crippen LogP contribution in [-0.4, -0.2) is 24.5 Å². The lowest BCUT2D eigenvalue weighted by Gasteiger charge is -2.15. The zero-order valence-corrected chi connectivity index (χ0v) is 27.6. The molecule has 0 aliphatic rings. The van der Waals surface area contributed by atoms with Crippen molar-refractivity contribution in [2.75, 3.05) is 0 Å². The largest absolute Gasteiger partial charge is 0.292 e. The zero-order chi connectivity index (χ0) is 34.0. The minimum Gasteiger partial charge on any atom is -0.292 e. The third-order valence-corrected chi connectivity index (χ3v) is 9.11. The highest BCUT2D eigenvalue weighted by molar-refractivity contribution is 5.86. The SMILES string of the molecule is c1ccc(-c2ccc(-c3nc(-c4ccc(-c5ccccc5)cc4)nc(-c4ccccc4-n4c(-c5ccccc5)nc5ccccc54)n3)cc2)cc1. The van der Waals surface area contributed by atoms with E-state index in [0.717, 1.165) is 67.1 Å². The quantitative estimate of drug-likeness (QED) is 0.172. The number of hydrogen-bond donors (Lipinski definition) is 0. The lowest BCUT2D eigenvalue weighted by atomic mass is 10.0. The van der Waals surface area contributed by atoms with Crippen molar-refractivity contribution in [3.63, 3.8) is 0 Å². The molecule has 7 aromatic carbocycles. The smallest absolute Gasteiger partial charge is 0.166 e. The molecule has 0 saturated carbocycles. The standard InChI is InChI=1S/C46H31N5/c1-4-14-32(15-5-1)34-24-28-36(29-25-34)43-48-44(37-30-26-35(27-31-37)33-16-6-2-7-17-33)50-45(49-43)39-20-10-12-22-41(39)51-42-23-13-11-21-40(42)47-46(51)38-18-8-3-9-19-38/h1-31H.